The van der Waals surface area contributed by atoms with E-state index in [-0.39, 0.29) is 11.2 Å². The number of nitrogens with zero attached hydrogens (tertiary/aromatic N) is 2. The highest BCUT2D eigenvalue weighted by Gasteiger charge is 2.12. The Balaban J connectivity index is 1.89. The third-order valence-electron chi connectivity index (χ3n) is 3.22. The van der Waals surface area contributed by atoms with Crippen LogP contribution < -0.4 is 4.74 Å². The number of rotatable bonds is 2. The summed E-state index contributed by atoms with van der Waals surface area (Å²) in [6.45, 7) is 0. The molecule has 0 saturated carbocycles. The van der Waals surface area contributed by atoms with Crippen LogP contribution in [0.4, 0.5) is 4.39 Å². The van der Waals surface area contributed by atoms with Gasteiger partial charge >= 0.3 is 0 Å². The van der Waals surface area contributed by atoms with Crippen molar-refractivity contribution in [2.75, 3.05) is 0 Å². The van der Waals surface area contributed by atoms with Crippen LogP contribution in [-0.4, -0.2) is 9.97 Å². The highest BCUT2D eigenvalue weighted by Crippen LogP contribution is 2.28. The highest BCUT2D eigenvalue weighted by atomic mass is 35.5. The van der Waals surface area contributed by atoms with E-state index in [0.717, 1.165) is 19.0 Å². The lowest BCUT2D eigenvalue weighted by molar-refractivity contribution is 0.419. The minimum atomic E-state index is -0.623. The van der Waals surface area contributed by atoms with Crippen LogP contribution in [0.2, 0.25) is 5.28 Å². The molecule has 1 aliphatic carbocycles. The maximum Gasteiger partial charge on any atom is 0.260 e. The SMILES string of the molecule is Fc1cnc(Cl)nc1Oc1ccc2c(c1)CCCC2. The second-order valence-corrected chi connectivity index (χ2v) is 4.87. The van der Waals surface area contributed by atoms with Gasteiger partial charge in [0.25, 0.3) is 5.88 Å². The van der Waals surface area contributed by atoms with Crippen LogP contribution in [-0.2, 0) is 12.8 Å². The zero-order valence-corrected chi connectivity index (χ0v) is 11.0. The fraction of sp³-hybridized carbons (Fsp3) is 0.286. The third kappa shape index (κ3) is 2.68. The van der Waals surface area contributed by atoms with Crippen LogP contribution in [0.5, 0.6) is 11.6 Å². The summed E-state index contributed by atoms with van der Waals surface area (Å²) in [5, 5.41) is -0.0330. The molecule has 2 aromatic rings. The molecule has 5 heteroatoms. The number of halogens is 2. The molecular weight excluding hydrogens is 267 g/mol. The van der Waals surface area contributed by atoms with Crippen molar-refractivity contribution in [3.63, 3.8) is 0 Å². The second-order valence-electron chi connectivity index (χ2n) is 4.53. The lowest BCUT2D eigenvalue weighted by Crippen LogP contribution is -2.02. The second kappa shape index (κ2) is 5.13. The Bertz CT molecular complexity index is 618. The smallest absolute Gasteiger partial charge is 0.260 e. The van der Waals surface area contributed by atoms with E-state index in [4.69, 9.17) is 16.3 Å². The summed E-state index contributed by atoms with van der Waals surface area (Å²) in [4.78, 5) is 7.29. The number of benzene rings is 1. The Morgan fingerprint density at radius 2 is 1.95 bits per heavy atom. The molecule has 0 radical (unpaired) electrons. The standard InChI is InChI=1S/C14H12ClFN2O/c15-14-17-8-12(16)13(18-14)19-11-6-5-9-3-1-2-4-10(9)7-11/h5-8H,1-4H2. The average Bonchev–Trinajstić information content (AvgIpc) is 2.43. The van der Waals surface area contributed by atoms with Gasteiger partial charge in [-0.3, -0.25) is 0 Å². The van der Waals surface area contributed by atoms with Gasteiger partial charge < -0.3 is 4.74 Å². The Morgan fingerprint density at radius 1 is 1.16 bits per heavy atom. The van der Waals surface area contributed by atoms with Gasteiger partial charge in [-0.2, -0.15) is 9.37 Å². The molecule has 0 amide bonds. The molecule has 1 aromatic carbocycles. The van der Waals surface area contributed by atoms with Crippen LogP contribution in [0, 0.1) is 5.82 Å². The number of hydrogen-bond acceptors (Lipinski definition) is 3. The van der Waals surface area contributed by atoms with Crippen molar-refractivity contribution in [3.8, 4) is 11.6 Å². The molecule has 98 valence electrons. The molecule has 0 N–H and O–H groups in total. The normalized spacial score (nSPS) is 14.0. The summed E-state index contributed by atoms with van der Waals surface area (Å²) < 4.78 is 18.9. The van der Waals surface area contributed by atoms with E-state index in [0.29, 0.717) is 5.75 Å². The number of ether oxygens (including phenoxy) is 1. The quantitative estimate of drug-likeness (QED) is 0.781. The van der Waals surface area contributed by atoms with Gasteiger partial charge in [-0.1, -0.05) is 6.07 Å². The minimum absolute atomic E-state index is 0.0330. The fourth-order valence-corrected chi connectivity index (χ4v) is 2.41. The van der Waals surface area contributed by atoms with E-state index >= 15 is 0 Å². The first-order chi connectivity index (χ1) is 9.22. The summed E-state index contributed by atoms with van der Waals surface area (Å²) in [5.41, 5.74) is 2.61. The van der Waals surface area contributed by atoms with Crippen molar-refractivity contribution < 1.29 is 9.13 Å². The monoisotopic (exact) mass is 278 g/mol. The van der Waals surface area contributed by atoms with Crippen LogP contribution in [0.15, 0.2) is 24.4 Å². The van der Waals surface area contributed by atoms with Gasteiger partial charge in [0.2, 0.25) is 11.1 Å². The predicted molar refractivity (Wildman–Crippen MR) is 70.2 cm³/mol. The first kappa shape index (κ1) is 12.4. The van der Waals surface area contributed by atoms with Crippen molar-refractivity contribution in [2.24, 2.45) is 0 Å². The van der Waals surface area contributed by atoms with E-state index in [2.05, 4.69) is 9.97 Å². The van der Waals surface area contributed by atoms with E-state index in [1.807, 2.05) is 18.2 Å². The van der Waals surface area contributed by atoms with Gasteiger partial charge in [-0.25, -0.2) is 4.98 Å². The number of hydrogen-bond donors (Lipinski definition) is 0. The van der Waals surface area contributed by atoms with Crippen LogP contribution in [0.1, 0.15) is 24.0 Å². The number of fused-ring (bicyclic) bond motifs is 1. The predicted octanol–water partition coefficient (Wildman–Crippen LogP) is 3.94. The summed E-state index contributed by atoms with van der Waals surface area (Å²) in [6.07, 6.45) is 5.55. The molecule has 0 atom stereocenters. The van der Waals surface area contributed by atoms with Gasteiger partial charge in [-0.15, -0.1) is 0 Å². The zero-order valence-electron chi connectivity index (χ0n) is 10.2. The van der Waals surface area contributed by atoms with Crippen LogP contribution >= 0.6 is 11.6 Å². The first-order valence-corrected chi connectivity index (χ1v) is 6.58. The first-order valence-electron chi connectivity index (χ1n) is 6.20. The van der Waals surface area contributed by atoms with Gasteiger partial charge in [0.05, 0.1) is 6.20 Å². The van der Waals surface area contributed by atoms with Crippen molar-refractivity contribution >= 4 is 11.6 Å². The number of aryl methyl sites for hydroxylation is 2. The van der Waals surface area contributed by atoms with E-state index in [9.17, 15) is 4.39 Å². The Hall–Kier alpha value is -1.68. The van der Waals surface area contributed by atoms with Gasteiger partial charge in [-0.05, 0) is 60.5 Å². The summed E-state index contributed by atoms with van der Waals surface area (Å²) in [6, 6.07) is 5.81. The van der Waals surface area contributed by atoms with Crippen LogP contribution in [0.25, 0.3) is 0 Å². The molecule has 19 heavy (non-hydrogen) atoms. The number of aromatic nitrogens is 2. The van der Waals surface area contributed by atoms with Crippen molar-refractivity contribution in [1.82, 2.24) is 9.97 Å². The third-order valence-corrected chi connectivity index (χ3v) is 3.40. The Labute approximate surface area is 115 Å². The lowest BCUT2D eigenvalue weighted by Gasteiger charge is -2.16. The molecule has 0 unspecified atom stereocenters. The molecular formula is C14H12ClFN2O. The summed E-state index contributed by atoms with van der Waals surface area (Å²) in [7, 11) is 0. The lowest BCUT2D eigenvalue weighted by atomic mass is 9.92. The molecule has 0 bridgehead atoms. The summed E-state index contributed by atoms with van der Waals surface area (Å²) >= 11 is 5.63. The van der Waals surface area contributed by atoms with Crippen molar-refractivity contribution in [3.05, 3.63) is 46.6 Å². The molecule has 1 heterocycles. The van der Waals surface area contributed by atoms with E-state index in [1.165, 1.54) is 24.0 Å². The summed E-state index contributed by atoms with van der Waals surface area (Å²) in [5.74, 6) is -0.188. The highest BCUT2D eigenvalue weighted by molar-refractivity contribution is 6.28. The molecule has 0 aliphatic heterocycles. The van der Waals surface area contributed by atoms with Gasteiger partial charge in [0.15, 0.2) is 0 Å². The molecule has 1 aromatic heterocycles. The van der Waals surface area contributed by atoms with E-state index < -0.39 is 5.82 Å². The van der Waals surface area contributed by atoms with Crippen molar-refractivity contribution in [1.29, 1.82) is 0 Å². The van der Waals surface area contributed by atoms with Crippen LogP contribution in [0.3, 0.4) is 0 Å². The van der Waals surface area contributed by atoms with Gasteiger partial charge in [0.1, 0.15) is 5.75 Å². The molecule has 3 rings (SSSR count). The Kier molecular flexibility index (Phi) is 3.34. The fourth-order valence-electron chi connectivity index (χ4n) is 2.29. The molecule has 0 spiro atoms. The van der Waals surface area contributed by atoms with Crippen molar-refractivity contribution in [2.45, 2.75) is 25.7 Å². The minimum Gasteiger partial charge on any atom is -0.436 e. The molecule has 3 nitrogen and oxygen atoms in total. The molecule has 0 saturated heterocycles. The maximum absolute atomic E-state index is 13.5. The zero-order chi connectivity index (χ0) is 13.2. The molecule has 1 aliphatic rings. The average molecular weight is 279 g/mol. The Morgan fingerprint density at radius 3 is 2.79 bits per heavy atom. The molecule has 0 fully saturated rings. The largest absolute Gasteiger partial charge is 0.436 e. The topological polar surface area (TPSA) is 35.0 Å². The van der Waals surface area contributed by atoms with E-state index in [1.54, 1.807) is 0 Å². The maximum atomic E-state index is 13.5. The van der Waals surface area contributed by atoms with Gasteiger partial charge in [0, 0.05) is 0 Å².